The van der Waals surface area contributed by atoms with Crippen molar-refractivity contribution < 1.29 is 32.9 Å². The van der Waals surface area contributed by atoms with Crippen LogP contribution in [0.2, 0.25) is 0 Å². The molecule has 1 aromatic rings. The second kappa shape index (κ2) is 9.14. The van der Waals surface area contributed by atoms with Gasteiger partial charge in [-0.2, -0.15) is 13.2 Å². The number of aliphatic hydroxyl groups excluding tert-OH is 2. The van der Waals surface area contributed by atoms with Crippen LogP contribution in [0, 0.1) is 0 Å². The summed E-state index contributed by atoms with van der Waals surface area (Å²) in [5.41, 5.74) is 0.284. The molecule has 0 amide bonds. The Morgan fingerprint density at radius 1 is 1.17 bits per heavy atom. The maximum absolute atomic E-state index is 13.2. The van der Waals surface area contributed by atoms with E-state index in [1.807, 2.05) is 0 Å². The standard InChI is InChI=1S/C25H32F3N3O4/c1-15-21(22(33)31-9-6-20-16(14-31)12-17(13-29-20)25(26,27)28)24(35-23(15)34)7-10-30(11-8-24)18-2-4-19(32)5-3-18/h12-13,18-19,22,32-33H,2-11,14H2,1H3. The lowest BCUT2D eigenvalue weighted by Crippen LogP contribution is -2.53. The number of nitrogens with zero attached hydrogens (tertiary/aromatic N) is 3. The summed E-state index contributed by atoms with van der Waals surface area (Å²) in [6.07, 6.45) is 0.0511. The van der Waals surface area contributed by atoms with Crippen LogP contribution in [-0.2, 0) is 28.7 Å². The van der Waals surface area contributed by atoms with Crippen molar-refractivity contribution in [2.75, 3.05) is 19.6 Å². The Morgan fingerprint density at radius 3 is 2.51 bits per heavy atom. The number of likely N-dealkylation sites (tertiary alicyclic amines) is 1. The Balaban J connectivity index is 1.33. The van der Waals surface area contributed by atoms with Gasteiger partial charge in [0.2, 0.25) is 0 Å². The Hall–Kier alpha value is -2.01. The molecule has 1 atom stereocenters. The fraction of sp³-hybridized carbons (Fsp3) is 0.680. The predicted octanol–water partition coefficient (Wildman–Crippen LogP) is 2.79. The number of alkyl halides is 3. The van der Waals surface area contributed by atoms with Gasteiger partial charge in [-0.3, -0.25) is 9.88 Å². The molecule has 0 aromatic carbocycles. The second-order valence-electron chi connectivity index (χ2n) is 10.3. The third-order valence-corrected chi connectivity index (χ3v) is 8.28. The van der Waals surface area contributed by atoms with Crippen LogP contribution in [0.1, 0.15) is 62.3 Å². The van der Waals surface area contributed by atoms with Gasteiger partial charge in [0.05, 0.1) is 11.7 Å². The fourth-order valence-electron chi connectivity index (χ4n) is 6.23. The van der Waals surface area contributed by atoms with Gasteiger partial charge in [0, 0.05) is 74.5 Å². The van der Waals surface area contributed by atoms with E-state index >= 15 is 0 Å². The number of carbonyl (C=O) groups excluding carboxylic acids is 1. The molecule has 1 aromatic heterocycles. The summed E-state index contributed by atoms with van der Waals surface area (Å²) in [6.45, 7) is 3.64. The number of piperidine rings is 1. The molecule has 0 radical (unpaired) electrons. The van der Waals surface area contributed by atoms with Gasteiger partial charge in [-0.15, -0.1) is 0 Å². The van der Waals surface area contributed by atoms with Crippen LogP contribution in [0.3, 0.4) is 0 Å². The molecule has 1 spiro atoms. The highest BCUT2D eigenvalue weighted by Gasteiger charge is 2.52. The molecule has 4 aliphatic rings. The zero-order chi connectivity index (χ0) is 25.0. The topological polar surface area (TPSA) is 86.1 Å². The third kappa shape index (κ3) is 4.61. The molecule has 2 fully saturated rings. The van der Waals surface area contributed by atoms with Gasteiger partial charge in [0.15, 0.2) is 0 Å². The van der Waals surface area contributed by atoms with E-state index in [4.69, 9.17) is 4.74 Å². The van der Waals surface area contributed by atoms with Crippen LogP contribution in [0.4, 0.5) is 13.2 Å². The van der Waals surface area contributed by atoms with E-state index in [1.54, 1.807) is 11.8 Å². The lowest BCUT2D eigenvalue weighted by atomic mass is 9.80. The monoisotopic (exact) mass is 495 g/mol. The number of halogens is 3. The lowest BCUT2D eigenvalue weighted by molar-refractivity contribution is -0.152. The lowest BCUT2D eigenvalue weighted by Gasteiger charge is -2.46. The first-order valence-corrected chi connectivity index (χ1v) is 12.4. The number of aromatic nitrogens is 1. The van der Waals surface area contributed by atoms with Crippen molar-refractivity contribution in [2.24, 2.45) is 0 Å². The second-order valence-corrected chi connectivity index (χ2v) is 10.3. The Bertz CT molecular complexity index is 1010. The van der Waals surface area contributed by atoms with Crippen molar-refractivity contribution in [2.45, 2.75) is 88.6 Å². The van der Waals surface area contributed by atoms with Crippen LogP contribution in [0.15, 0.2) is 23.4 Å². The molecule has 2 N–H and O–H groups in total. The first-order valence-electron chi connectivity index (χ1n) is 12.4. The Labute approximate surface area is 202 Å². The molecule has 10 heteroatoms. The van der Waals surface area contributed by atoms with Gasteiger partial charge < -0.3 is 19.8 Å². The van der Waals surface area contributed by atoms with Crippen LogP contribution >= 0.6 is 0 Å². The maximum atomic E-state index is 13.2. The van der Waals surface area contributed by atoms with E-state index < -0.39 is 29.5 Å². The molecule has 1 unspecified atom stereocenters. The fourth-order valence-corrected chi connectivity index (χ4v) is 6.23. The minimum absolute atomic E-state index is 0.116. The van der Waals surface area contributed by atoms with Gasteiger partial charge in [-0.1, -0.05) is 0 Å². The predicted molar refractivity (Wildman–Crippen MR) is 120 cm³/mol. The molecule has 1 saturated heterocycles. The quantitative estimate of drug-likeness (QED) is 0.624. The van der Waals surface area contributed by atoms with Gasteiger partial charge in [-0.05, 0) is 44.2 Å². The molecule has 4 heterocycles. The van der Waals surface area contributed by atoms with Gasteiger partial charge in [-0.25, -0.2) is 4.79 Å². The summed E-state index contributed by atoms with van der Waals surface area (Å²) in [5, 5.41) is 21.2. The van der Waals surface area contributed by atoms with E-state index in [0.717, 1.165) is 51.0 Å². The summed E-state index contributed by atoms with van der Waals surface area (Å²) >= 11 is 0. The maximum Gasteiger partial charge on any atom is 0.417 e. The first-order chi connectivity index (χ1) is 16.6. The van der Waals surface area contributed by atoms with Crippen LogP contribution < -0.4 is 0 Å². The first kappa shape index (κ1) is 24.7. The van der Waals surface area contributed by atoms with E-state index in [1.165, 1.54) is 0 Å². The summed E-state index contributed by atoms with van der Waals surface area (Å²) in [4.78, 5) is 20.7. The zero-order valence-electron chi connectivity index (χ0n) is 19.9. The molecule has 1 saturated carbocycles. The minimum atomic E-state index is -4.48. The molecule has 192 valence electrons. The summed E-state index contributed by atoms with van der Waals surface area (Å²) < 4.78 is 45.5. The van der Waals surface area contributed by atoms with E-state index in [2.05, 4.69) is 9.88 Å². The van der Waals surface area contributed by atoms with Crippen molar-refractivity contribution in [3.05, 3.63) is 40.2 Å². The number of pyridine rings is 1. The number of carbonyl (C=O) groups is 1. The van der Waals surface area contributed by atoms with Crippen molar-refractivity contribution in [1.29, 1.82) is 0 Å². The van der Waals surface area contributed by atoms with Crippen molar-refractivity contribution in [1.82, 2.24) is 14.8 Å². The number of hydrogen-bond acceptors (Lipinski definition) is 7. The normalized spacial score (nSPS) is 28.8. The third-order valence-electron chi connectivity index (χ3n) is 8.28. The van der Waals surface area contributed by atoms with Gasteiger partial charge in [0.1, 0.15) is 11.8 Å². The summed E-state index contributed by atoms with van der Waals surface area (Å²) in [5.74, 6) is -0.438. The molecule has 5 rings (SSSR count). The van der Waals surface area contributed by atoms with Crippen LogP contribution in [-0.4, -0.2) is 74.6 Å². The molecule has 0 bridgehead atoms. The number of fused-ring (bicyclic) bond motifs is 1. The molecular weight excluding hydrogens is 463 g/mol. The number of ether oxygens (including phenoxy) is 1. The minimum Gasteiger partial charge on any atom is -0.451 e. The Kier molecular flexibility index (Phi) is 6.44. The summed E-state index contributed by atoms with van der Waals surface area (Å²) in [7, 11) is 0. The molecule has 35 heavy (non-hydrogen) atoms. The average Bonchev–Trinajstić information content (AvgIpc) is 3.07. The largest absolute Gasteiger partial charge is 0.451 e. The zero-order valence-corrected chi connectivity index (χ0v) is 19.9. The average molecular weight is 496 g/mol. The number of hydrogen-bond donors (Lipinski definition) is 2. The molecule has 7 nitrogen and oxygen atoms in total. The van der Waals surface area contributed by atoms with Gasteiger partial charge >= 0.3 is 12.1 Å². The molecule has 1 aliphatic carbocycles. The van der Waals surface area contributed by atoms with Gasteiger partial charge in [0.25, 0.3) is 0 Å². The smallest absolute Gasteiger partial charge is 0.417 e. The van der Waals surface area contributed by atoms with Crippen LogP contribution in [0.5, 0.6) is 0 Å². The highest BCUT2D eigenvalue weighted by atomic mass is 19.4. The molecule has 3 aliphatic heterocycles. The SMILES string of the molecule is CC1=C(C(O)N2CCc3ncc(C(F)(F)F)cc3C2)C2(CCN(C3CCC(O)CC3)CC2)OC1=O. The number of rotatable bonds is 3. The van der Waals surface area contributed by atoms with E-state index in [0.29, 0.717) is 54.3 Å². The van der Waals surface area contributed by atoms with E-state index in [-0.39, 0.29) is 12.6 Å². The van der Waals surface area contributed by atoms with Crippen molar-refractivity contribution >= 4 is 5.97 Å². The number of aliphatic hydroxyl groups is 2. The van der Waals surface area contributed by atoms with E-state index in [9.17, 15) is 28.2 Å². The highest BCUT2D eigenvalue weighted by molar-refractivity contribution is 5.92. The number of esters is 1. The van der Waals surface area contributed by atoms with Crippen LogP contribution in [0.25, 0.3) is 0 Å². The Morgan fingerprint density at radius 2 is 1.86 bits per heavy atom. The van der Waals surface area contributed by atoms with Crippen molar-refractivity contribution in [3.8, 4) is 0 Å². The molecular formula is C25H32F3N3O4. The van der Waals surface area contributed by atoms with Crippen molar-refractivity contribution in [3.63, 3.8) is 0 Å². The highest BCUT2D eigenvalue weighted by Crippen LogP contribution is 2.44. The summed E-state index contributed by atoms with van der Waals surface area (Å²) in [6, 6.07) is 1.51.